The van der Waals surface area contributed by atoms with Gasteiger partial charge in [0.15, 0.2) is 5.69 Å². The second-order valence-electron chi connectivity index (χ2n) is 3.40. The quantitative estimate of drug-likeness (QED) is 0.719. The van der Waals surface area contributed by atoms with Gasteiger partial charge in [-0.05, 0) is 17.9 Å². The summed E-state index contributed by atoms with van der Waals surface area (Å²) in [6.07, 6.45) is 3.13. The molecule has 0 aromatic carbocycles. The third-order valence-electron chi connectivity index (χ3n) is 2.06. The van der Waals surface area contributed by atoms with Gasteiger partial charge in [0, 0.05) is 6.54 Å². The molecule has 1 aromatic rings. The largest absolute Gasteiger partial charge is 0.476 e. The van der Waals surface area contributed by atoms with E-state index in [2.05, 4.69) is 22.2 Å². The molecule has 0 atom stereocenters. The predicted molar refractivity (Wildman–Crippen MR) is 68.9 cm³/mol. The van der Waals surface area contributed by atoms with E-state index in [4.69, 9.17) is 5.11 Å². The summed E-state index contributed by atoms with van der Waals surface area (Å²) in [7, 11) is 0. The van der Waals surface area contributed by atoms with Crippen LogP contribution in [0.25, 0.3) is 0 Å². The molecule has 0 aliphatic carbocycles. The molecule has 1 heterocycles. The summed E-state index contributed by atoms with van der Waals surface area (Å²) in [6.45, 7) is 2.66. The van der Waals surface area contributed by atoms with Crippen molar-refractivity contribution in [2.75, 3.05) is 18.1 Å². The van der Waals surface area contributed by atoms with Crippen LogP contribution in [-0.4, -0.2) is 45.0 Å². The van der Waals surface area contributed by atoms with E-state index in [9.17, 15) is 9.59 Å². The van der Waals surface area contributed by atoms with Crippen molar-refractivity contribution in [3.63, 3.8) is 0 Å². The Labute approximate surface area is 109 Å². The molecule has 1 amide bonds. The van der Waals surface area contributed by atoms with Crippen LogP contribution in [0, 0.1) is 0 Å². The summed E-state index contributed by atoms with van der Waals surface area (Å²) in [6, 6.07) is 0. The molecule has 0 unspecified atom stereocenters. The minimum absolute atomic E-state index is 0.128. The van der Waals surface area contributed by atoms with Crippen LogP contribution in [0.1, 0.15) is 34.3 Å². The maximum absolute atomic E-state index is 11.6. The molecule has 2 N–H and O–H groups in total. The van der Waals surface area contributed by atoms with E-state index < -0.39 is 5.97 Å². The Balaban J connectivity index is 2.39. The van der Waals surface area contributed by atoms with Gasteiger partial charge in [-0.1, -0.05) is 6.92 Å². The highest BCUT2D eigenvalue weighted by atomic mass is 32.2. The number of hydrogen-bond donors (Lipinski definition) is 2. The molecular formula is C11H15N3O3S. The summed E-state index contributed by atoms with van der Waals surface area (Å²) in [5.41, 5.74) is -0.0472. The van der Waals surface area contributed by atoms with E-state index in [1.54, 1.807) is 0 Å². The molecular weight excluding hydrogens is 254 g/mol. The van der Waals surface area contributed by atoms with Crippen molar-refractivity contribution in [3.05, 3.63) is 23.8 Å². The molecule has 1 aromatic heterocycles. The molecule has 0 aliphatic rings. The number of aromatic carboxylic acids is 1. The monoisotopic (exact) mass is 269 g/mol. The summed E-state index contributed by atoms with van der Waals surface area (Å²) in [5.74, 6) is 0.572. The highest BCUT2D eigenvalue weighted by Crippen LogP contribution is 2.00. The number of nitrogens with one attached hydrogen (secondary N) is 1. The van der Waals surface area contributed by atoms with Crippen LogP contribution in [0.3, 0.4) is 0 Å². The fourth-order valence-electron chi connectivity index (χ4n) is 1.17. The van der Waals surface area contributed by atoms with Crippen molar-refractivity contribution in [2.45, 2.75) is 13.3 Å². The van der Waals surface area contributed by atoms with E-state index in [-0.39, 0.29) is 17.3 Å². The Morgan fingerprint density at radius 1 is 1.33 bits per heavy atom. The lowest BCUT2D eigenvalue weighted by Crippen LogP contribution is -2.26. The topological polar surface area (TPSA) is 92.2 Å². The lowest BCUT2D eigenvalue weighted by Gasteiger charge is -2.04. The zero-order valence-electron chi connectivity index (χ0n) is 10.0. The van der Waals surface area contributed by atoms with Gasteiger partial charge in [0.2, 0.25) is 0 Å². The van der Waals surface area contributed by atoms with E-state index in [0.717, 1.165) is 24.1 Å². The van der Waals surface area contributed by atoms with Crippen molar-refractivity contribution < 1.29 is 14.7 Å². The fraction of sp³-hybridized carbons (Fsp3) is 0.455. The highest BCUT2D eigenvalue weighted by Gasteiger charge is 2.09. The second kappa shape index (κ2) is 7.65. The molecule has 98 valence electrons. The summed E-state index contributed by atoms with van der Waals surface area (Å²) in [5, 5.41) is 11.3. The first kappa shape index (κ1) is 14.4. The van der Waals surface area contributed by atoms with Crippen molar-refractivity contribution >= 4 is 23.6 Å². The van der Waals surface area contributed by atoms with Crippen molar-refractivity contribution in [1.82, 2.24) is 15.3 Å². The molecule has 0 saturated carbocycles. The van der Waals surface area contributed by atoms with Gasteiger partial charge in [0.05, 0.1) is 12.4 Å². The number of amides is 1. The van der Waals surface area contributed by atoms with Gasteiger partial charge in [0.1, 0.15) is 5.69 Å². The first-order valence-corrected chi connectivity index (χ1v) is 6.72. The number of carbonyl (C=O) groups excluding carboxylic acids is 1. The average Bonchev–Trinajstić information content (AvgIpc) is 2.38. The normalized spacial score (nSPS) is 10.1. The Morgan fingerprint density at radius 3 is 2.56 bits per heavy atom. The number of carboxylic acids is 1. The number of carboxylic acid groups (broad SMARTS) is 1. The van der Waals surface area contributed by atoms with Gasteiger partial charge in [-0.3, -0.25) is 4.79 Å². The van der Waals surface area contributed by atoms with Gasteiger partial charge < -0.3 is 10.4 Å². The van der Waals surface area contributed by atoms with E-state index in [1.807, 2.05) is 11.8 Å². The van der Waals surface area contributed by atoms with Crippen molar-refractivity contribution in [1.29, 1.82) is 0 Å². The molecule has 0 aliphatic heterocycles. The smallest absolute Gasteiger partial charge is 0.356 e. The number of aromatic nitrogens is 2. The highest BCUT2D eigenvalue weighted by molar-refractivity contribution is 7.99. The third-order valence-corrected chi connectivity index (χ3v) is 3.04. The van der Waals surface area contributed by atoms with E-state index in [0.29, 0.717) is 6.54 Å². The first-order chi connectivity index (χ1) is 8.65. The maximum atomic E-state index is 11.6. The zero-order valence-corrected chi connectivity index (χ0v) is 10.9. The lowest BCUT2D eigenvalue weighted by molar-refractivity contribution is 0.0689. The Bertz CT molecular complexity index is 408. The Hall–Kier alpha value is -1.63. The number of hydrogen-bond acceptors (Lipinski definition) is 5. The Morgan fingerprint density at radius 2 is 2.00 bits per heavy atom. The molecule has 6 nitrogen and oxygen atoms in total. The number of thioether (sulfide) groups is 1. The number of carbonyl (C=O) groups is 2. The molecule has 7 heteroatoms. The van der Waals surface area contributed by atoms with Gasteiger partial charge in [-0.25, -0.2) is 14.8 Å². The molecule has 0 saturated heterocycles. The van der Waals surface area contributed by atoms with Crippen molar-refractivity contribution in [3.8, 4) is 0 Å². The molecule has 0 fully saturated rings. The summed E-state index contributed by atoms with van der Waals surface area (Å²) >= 11 is 1.82. The molecule has 18 heavy (non-hydrogen) atoms. The van der Waals surface area contributed by atoms with Crippen LogP contribution in [-0.2, 0) is 0 Å². The fourth-order valence-corrected chi connectivity index (χ4v) is 1.80. The maximum Gasteiger partial charge on any atom is 0.356 e. The summed E-state index contributed by atoms with van der Waals surface area (Å²) < 4.78 is 0. The number of rotatable bonds is 7. The minimum Gasteiger partial charge on any atom is -0.476 e. The van der Waals surface area contributed by atoms with Gasteiger partial charge in [0.25, 0.3) is 5.91 Å². The zero-order chi connectivity index (χ0) is 13.4. The molecule has 0 bridgehead atoms. The SMILES string of the molecule is CCSCCCNC(=O)c1cnc(C(=O)O)cn1. The van der Waals surface area contributed by atoms with E-state index >= 15 is 0 Å². The lowest BCUT2D eigenvalue weighted by atomic mass is 10.3. The summed E-state index contributed by atoms with van der Waals surface area (Å²) in [4.78, 5) is 29.5. The average molecular weight is 269 g/mol. The van der Waals surface area contributed by atoms with Crippen LogP contribution in [0.4, 0.5) is 0 Å². The minimum atomic E-state index is -1.16. The van der Waals surface area contributed by atoms with Crippen LogP contribution < -0.4 is 5.32 Å². The number of nitrogens with zero attached hydrogens (tertiary/aromatic N) is 2. The molecule has 0 spiro atoms. The van der Waals surface area contributed by atoms with Crippen LogP contribution in [0.5, 0.6) is 0 Å². The molecule has 0 radical (unpaired) electrons. The Kier molecular flexibility index (Phi) is 6.13. The van der Waals surface area contributed by atoms with Gasteiger partial charge in [-0.15, -0.1) is 0 Å². The standard InChI is InChI=1S/C11H15N3O3S/c1-2-18-5-3-4-12-10(15)8-6-14-9(7-13-8)11(16)17/h6-7H,2-5H2,1H3,(H,12,15)(H,16,17). The van der Waals surface area contributed by atoms with Gasteiger partial charge in [-0.2, -0.15) is 11.8 Å². The molecule has 1 rings (SSSR count). The van der Waals surface area contributed by atoms with Gasteiger partial charge >= 0.3 is 5.97 Å². The van der Waals surface area contributed by atoms with Crippen molar-refractivity contribution in [2.24, 2.45) is 0 Å². The van der Waals surface area contributed by atoms with Crippen LogP contribution in [0.2, 0.25) is 0 Å². The first-order valence-electron chi connectivity index (χ1n) is 5.56. The van der Waals surface area contributed by atoms with Crippen LogP contribution >= 0.6 is 11.8 Å². The van der Waals surface area contributed by atoms with E-state index in [1.165, 1.54) is 6.20 Å². The predicted octanol–water partition coefficient (Wildman–Crippen LogP) is 1.05. The second-order valence-corrected chi connectivity index (χ2v) is 4.79. The van der Waals surface area contributed by atoms with Crippen LogP contribution in [0.15, 0.2) is 12.4 Å². The third kappa shape index (κ3) is 4.70.